The molecule has 1 heterocycles. The lowest BCUT2D eigenvalue weighted by atomic mass is 10.2. The molecule has 0 bridgehead atoms. The van der Waals surface area contributed by atoms with Gasteiger partial charge in [-0.3, -0.25) is 0 Å². The molecule has 23 heavy (non-hydrogen) atoms. The van der Waals surface area contributed by atoms with Crippen molar-refractivity contribution in [1.82, 2.24) is 9.55 Å². The number of fused-ring (bicyclic) bond motifs is 1. The van der Waals surface area contributed by atoms with E-state index in [-0.39, 0.29) is 0 Å². The predicted molar refractivity (Wildman–Crippen MR) is 91.6 cm³/mol. The lowest BCUT2D eigenvalue weighted by Gasteiger charge is -2.12. The van der Waals surface area contributed by atoms with Crippen molar-refractivity contribution in [3.63, 3.8) is 0 Å². The van der Waals surface area contributed by atoms with Crippen molar-refractivity contribution in [2.75, 3.05) is 26.9 Å². The normalized spacial score (nSPS) is 11.0. The third-order valence-corrected chi connectivity index (χ3v) is 3.72. The molecule has 0 atom stereocenters. The number of hydrogen-bond donors (Lipinski definition) is 1. The van der Waals surface area contributed by atoms with E-state index < -0.39 is 0 Å². The number of methoxy groups -OCH3 is 1. The molecule has 2 N–H and O–H groups in total. The summed E-state index contributed by atoms with van der Waals surface area (Å²) in [5.41, 5.74) is 8.51. The van der Waals surface area contributed by atoms with Gasteiger partial charge in [-0.1, -0.05) is 24.3 Å². The van der Waals surface area contributed by atoms with Crippen LogP contribution >= 0.6 is 0 Å². The smallest absolute Gasteiger partial charge is 0.144 e. The zero-order valence-electron chi connectivity index (χ0n) is 13.2. The van der Waals surface area contributed by atoms with Crippen molar-refractivity contribution >= 4 is 11.0 Å². The number of ether oxygens (including phenoxy) is 2. The minimum atomic E-state index is 0.532. The van der Waals surface area contributed by atoms with Gasteiger partial charge >= 0.3 is 0 Å². The summed E-state index contributed by atoms with van der Waals surface area (Å²) >= 11 is 0. The van der Waals surface area contributed by atoms with Gasteiger partial charge in [0.1, 0.15) is 11.6 Å². The Balaban J connectivity index is 2.04. The molecular weight excluding hydrogens is 290 g/mol. The summed E-state index contributed by atoms with van der Waals surface area (Å²) in [6, 6.07) is 16.0. The maximum absolute atomic E-state index is 5.55. The second kappa shape index (κ2) is 7.26. The topological polar surface area (TPSA) is 62.3 Å². The number of aromatic nitrogens is 2. The lowest BCUT2D eigenvalue weighted by Crippen LogP contribution is -2.13. The molecule has 0 aliphatic heterocycles. The second-order valence-electron chi connectivity index (χ2n) is 5.18. The van der Waals surface area contributed by atoms with Crippen LogP contribution in [0, 0.1) is 0 Å². The molecule has 0 saturated heterocycles. The number of nitrogens with zero attached hydrogens (tertiary/aromatic N) is 2. The summed E-state index contributed by atoms with van der Waals surface area (Å²) in [6.45, 7) is 2.41. The average molecular weight is 311 g/mol. The predicted octanol–water partition coefficient (Wildman–Crippen LogP) is 2.69. The van der Waals surface area contributed by atoms with Gasteiger partial charge in [-0.15, -0.1) is 0 Å². The first-order valence-corrected chi connectivity index (χ1v) is 7.71. The lowest BCUT2D eigenvalue weighted by molar-refractivity contribution is 0.134. The zero-order chi connectivity index (χ0) is 16.1. The summed E-state index contributed by atoms with van der Waals surface area (Å²) in [5.74, 6) is 1.70. The van der Waals surface area contributed by atoms with Crippen molar-refractivity contribution in [3.8, 4) is 17.1 Å². The molecule has 0 unspecified atom stereocenters. The van der Waals surface area contributed by atoms with Crippen LogP contribution in [0.25, 0.3) is 22.4 Å². The SMILES string of the molecule is COc1ccccc1-c1nc2ccccc2n1CCOCCN. The van der Waals surface area contributed by atoms with Gasteiger partial charge in [0.05, 0.1) is 36.9 Å². The van der Waals surface area contributed by atoms with Crippen LogP contribution in [0.15, 0.2) is 48.5 Å². The summed E-state index contributed by atoms with van der Waals surface area (Å²) in [5, 5.41) is 0. The highest BCUT2D eigenvalue weighted by Crippen LogP contribution is 2.31. The maximum atomic E-state index is 5.55. The van der Waals surface area contributed by atoms with Gasteiger partial charge in [0, 0.05) is 13.1 Å². The first kappa shape index (κ1) is 15.5. The van der Waals surface area contributed by atoms with Crippen LogP contribution < -0.4 is 10.5 Å². The molecule has 0 radical (unpaired) electrons. The number of rotatable bonds is 7. The maximum Gasteiger partial charge on any atom is 0.144 e. The monoisotopic (exact) mass is 311 g/mol. The van der Waals surface area contributed by atoms with Crippen molar-refractivity contribution < 1.29 is 9.47 Å². The van der Waals surface area contributed by atoms with E-state index >= 15 is 0 Å². The van der Waals surface area contributed by atoms with Crippen molar-refractivity contribution in [1.29, 1.82) is 0 Å². The van der Waals surface area contributed by atoms with Crippen LogP contribution in [0.5, 0.6) is 5.75 Å². The minimum absolute atomic E-state index is 0.532. The van der Waals surface area contributed by atoms with Crippen molar-refractivity contribution in [3.05, 3.63) is 48.5 Å². The summed E-state index contributed by atoms with van der Waals surface area (Å²) in [6.07, 6.45) is 0. The quantitative estimate of drug-likeness (QED) is 0.681. The zero-order valence-corrected chi connectivity index (χ0v) is 13.2. The fourth-order valence-electron chi connectivity index (χ4n) is 2.68. The Morgan fingerprint density at radius 1 is 1.04 bits per heavy atom. The van der Waals surface area contributed by atoms with Gasteiger partial charge in [-0.25, -0.2) is 4.98 Å². The number of para-hydroxylation sites is 3. The van der Waals surface area contributed by atoms with Crippen molar-refractivity contribution in [2.24, 2.45) is 5.73 Å². The van der Waals surface area contributed by atoms with E-state index in [0.717, 1.165) is 28.2 Å². The molecule has 0 aliphatic carbocycles. The first-order valence-electron chi connectivity index (χ1n) is 7.71. The van der Waals surface area contributed by atoms with E-state index in [2.05, 4.69) is 10.6 Å². The van der Waals surface area contributed by atoms with Gasteiger partial charge < -0.3 is 19.8 Å². The second-order valence-corrected chi connectivity index (χ2v) is 5.18. The summed E-state index contributed by atoms with van der Waals surface area (Å²) in [4.78, 5) is 4.79. The third kappa shape index (κ3) is 3.21. The van der Waals surface area contributed by atoms with E-state index in [1.807, 2.05) is 42.5 Å². The highest BCUT2D eigenvalue weighted by Gasteiger charge is 2.15. The average Bonchev–Trinajstić information content (AvgIpc) is 2.97. The molecule has 0 aliphatic rings. The Morgan fingerprint density at radius 2 is 1.83 bits per heavy atom. The molecular formula is C18H21N3O2. The molecule has 0 saturated carbocycles. The first-order chi connectivity index (χ1) is 11.3. The highest BCUT2D eigenvalue weighted by atomic mass is 16.5. The van der Waals surface area contributed by atoms with E-state index in [4.69, 9.17) is 20.2 Å². The van der Waals surface area contributed by atoms with Crippen LogP contribution in [0.3, 0.4) is 0 Å². The molecule has 120 valence electrons. The number of hydrogen-bond acceptors (Lipinski definition) is 4. The molecule has 5 heteroatoms. The van der Waals surface area contributed by atoms with Crippen LogP contribution in [0.2, 0.25) is 0 Å². The fourth-order valence-corrected chi connectivity index (χ4v) is 2.68. The van der Waals surface area contributed by atoms with Crippen LogP contribution in [-0.2, 0) is 11.3 Å². The number of imidazole rings is 1. The van der Waals surface area contributed by atoms with Gasteiger partial charge in [0.2, 0.25) is 0 Å². The van der Waals surface area contributed by atoms with E-state index in [0.29, 0.717) is 26.3 Å². The molecule has 3 aromatic rings. The Kier molecular flexibility index (Phi) is 4.90. The van der Waals surface area contributed by atoms with Gasteiger partial charge in [-0.2, -0.15) is 0 Å². The van der Waals surface area contributed by atoms with Crippen LogP contribution in [0.4, 0.5) is 0 Å². The van der Waals surface area contributed by atoms with Gasteiger partial charge in [0.25, 0.3) is 0 Å². The Labute approximate surface area is 135 Å². The Morgan fingerprint density at radius 3 is 2.65 bits per heavy atom. The fraction of sp³-hybridized carbons (Fsp3) is 0.278. The van der Waals surface area contributed by atoms with E-state index in [9.17, 15) is 0 Å². The molecule has 2 aromatic carbocycles. The van der Waals surface area contributed by atoms with Crippen molar-refractivity contribution in [2.45, 2.75) is 6.54 Å². The molecule has 3 rings (SSSR count). The summed E-state index contributed by atoms with van der Waals surface area (Å²) < 4.78 is 13.2. The summed E-state index contributed by atoms with van der Waals surface area (Å²) in [7, 11) is 1.68. The standard InChI is InChI=1S/C18H21N3O2/c1-22-17-9-5-2-6-14(17)18-20-15-7-3-4-8-16(15)21(18)11-13-23-12-10-19/h2-9H,10-13,19H2,1H3. The minimum Gasteiger partial charge on any atom is -0.496 e. The van der Waals surface area contributed by atoms with Gasteiger partial charge in [-0.05, 0) is 24.3 Å². The molecule has 5 nitrogen and oxygen atoms in total. The largest absolute Gasteiger partial charge is 0.496 e. The Hall–Kier alpha value is -2.37. The molecule has 0 spiro atoms. The van der Waals surface area contributed by atoms with Gasteiger partial charge in [0.15, 0.2) is 0 Å². The highest BCUT2D eigenvalue weighted by molar-refractivity contribution is 5.81. The number of benzene rings is 2. The van der Waals surface area contributed by atoms with Crippen LogP contribution in [0.1, 0.15) is 0 Å². The van der Waals surface area contributed by atoms with Crippen LogP contribution in [-0.4, -0.2) is 36.4 Å². The molecule has 0 fully saturated rings. The van der Waals surface area contributed by atoms with E-state index in [1.54, 1.807) is 7.11 Å². The number of nitrogens with two attached hydrogens (primary N) is 1. The Bertz CT molecular complexity index is 783. The third-order valence-electron chi connectivity index (χ3n) is 3.72. The molecule has 0 amide bonds. The van der Waals surface area contributed by atoms with E-state index in [1.165, 1.54) is 0 Å². The molecule has 1 aromatic heterocycles.